The Balaban J connectivity index is 2.66. The summed E-state index contributed by atoms with van der Waals surface area (Å²) in [6.07, 6.45) is 0.00985. The topological polar surface area (TPSA) is 47.0 Å². The molecule has 1 atom stereocenters. The number of para-hydroxylation sites is 1. The Bertz CT molecular complexity index is 632. The lowest BCUT2D eigenvalue weighted by Gasteiger charge is -2.31. The van der Waals surface area contributed by atoms with Gasteiger partial charge in [-0.25, -0.2) is 4.98 Å². The van der Waals surface area contributed by atoms with E-state index in [1.165, 1.54) is 11.3 Å². The molecule has 0 aliphatic carbocycles. The zero-order chi connectivity index (χ0) is 14.9. The molecule has 0 aliphatic rings. The number of fused-ring (bicyclic) bond motifs is 1. The number of hydrogen-bond acceptors (Lipinski definition) is 4. The Kier molecular flexibility index (Phi) is 4.56. The Morgan fingerprint density at radius 3 is 2.45 bits per heavy atom. The van der Waals surface area contributed by atoms with Crippen LogP contribution in [0.5, 0.6) is 0 Å². The third-order valence-corrected chi connectivity index (χ3v) is 5.24. The molecule has 0 bridgehead atoms. The Labute approximate surface area is 132 Å². The summed E-state index contributed by atoms with van der Waals surface area (Å²) in [5.41, 5.74) is -0.176. The molecular weight excluding hydrogens is 310 g/mol. The largest absolute Gasteiger partial charge is 0.287 e. The number of thiol groups is 2. The summed E-state index contributed by atoms with van der Waals surface area (Å²) < 4.78 is 0.994. The first-order valence-electron chi connectivity index (χ1n) is 6.19. The van der Waals surface area contributed by atoms with Gasteiger partial charge in [-0.1, -0.05) is 26.0 Å². The van der Waals surface area contributed by atoms with Crippen LogP contribution in [0.1, 0.15) is 25.3 Å². The molecule has 1 unspecified atom stereocenters. The molecule has 0 radical (unpaired) electrons. The molecule has 0 N–H and O–H groups in total. The number of carbonyl (C=O) groups is 2. The number of hydrogen-bond donors (Lipinski definition) is 2. The first-order valence-corrected chi connectivity index (χ1v) is 7.90. The van der Waals surface area contributed by atoms with Gasteiger partial charge in [0.2, 0.25) is 0 Å². The number of nitrogens with zero attached hydrogens (tertiary/aromatic N) is 1. The molecule has 0 spiro atoms. The monoisotopic (exact) mass is 325 g/mol. The normalized spacial score (nSPS) is 14.4. The lowest BCUT2D eigenvalue weighted by Crippen LogP contribution is -2.40. The second-order valence-electron chi connectivity index (χ2n) is 4.99. The van der Waals surface area contributed by atoms with Gasteiger partial charge in [-0.15, -0.1) is 36.6 Å². The summed E-state index contributed by atoms with van der Waals surface area (Å²) in [5, 5.41) is -0.0367. The van der Waals surface area contributed by atoms with Gasteiger partial charge in [-0.05, 0) is 18.1 Å². The van der Waals surface area contributed by atoms with Crippen molar-refractivity contribution in [3.8, 4) is 0 Å². The smallest absolute Gasteiger partial charge is 0.199 e. The minimum atomic E-state index is -1.01. The van der Waals surface area contributed by atoms with E-state index in [9.17, 15) is 9.59 Å². The SMILES string of the molecule is CC(C)C(CC(=O)S)(C(=O)S)c1nc2ccccc2s1. The molecule has 106 valence electrons. The van der Waals surface area contributed by atoms with E-state index in [1.807, 2.05) is 38.1 Å². The van der Waals surface area contributed by atoms with Crippen LogP contribution < -0.4 is 0 Å². The quantitative estimate of drug-likeness (QED) is 0.827. The average molecular weight is 325 g/mol. The van der Waals surface area contributed by atoms with Crippen molar-refractivity contribution in [2.45, 2.75) is 25.7 Å². The van der Waals surface area contributed by atoms with Crippen molar-refractivity contribution in [2.24, 2.45) is 5.92 Å². The van der Waals surface area contributed by atoms with E-state index in [4.69, 9.17) is 0 Å². The molecule has 0 aliphatic heterocycles. The van der Waals surface area contributed by atoms with E-state index >= 15 is 0 Å². The summed E-state index contributed by atoms with van der Waals surface area (Å²) in [5.74, 6) is -0.0934. The molecule has 20 heavy (non-hydrogen) atoms. The van der Waals surface area contributed by atoms with Gasteiger partial charge in [0.1, 0.15) is 10.4 Å². The number of benzene rings is 1. The Hall–Kier alpha value is -0.850. The number of carbonyl (C=O) groups excluding carboxylic acids is 2. The highest BCUT2D eigenvalue weighted by atomic mass is 32.1. The third-order valence-electron chi connectivity index (χ3n) is 3.47. The Morgan fingerprint density at radius 2 is 1.95 bits per heavy atom. The van der Waals surface area contributed by atoms with Crippen LogP contribution in [-0.4, -0.2) is 15.2 Å². The van der Waals surface area contributed by atoms with Gasteiger partial charge in [0.05, 0.1) is 10.2 Å². The average Bonchev–Trinajstić information content (AvgIpc) is 2.78. The first-order chi connectivity index (χ1) is 9.37. The van der Waals surface area contributed by atoms with Crippen molar-refractivity contribution in [2.75, 3.05) is 0 Å². The predicted molar refractivity (Wildman–Crippen MR) is 88.7 cm³/mol. The van der Waals surface area contributed by atoms with Crippen LogP contribution in [0.15, 0.2) is 24.3 Å². The molecule has 2 rings (SSSR count). The molecule has 1 aromatic heterocycles. The van der Waals surface area contributed by atoms with Gasteiger partial charge >= 0.3 is 0 Å². The summed E-state index contributed by atoms with van der Waals surface area (Å²) >= 11 is 9.31. The van der Waals surface area contributed by atoms with Crippen LogP contribution >= 0.6 is 36.6 Å². The lowest BCUT2D eigenvalue weighted by molar-refractivity contribution is -0.122. The van der Waals surface area contributed by atoms with Crippen molar-refractivity contribution in [3.63, 3.8) is 0 Å². The molecule has 0 saturated carbocycles. The summed E-state index contributed by atoms with van der Waals surface area (Å²) in [4.78, 5) is 28.2. The van der Waals surface area contributed by atoms with E-state index in [-0.39, 0.29) is 22.6 Å². The first kappa shape index (κ1) is 15.5. The van der Waals surface area contributed by atoms with Crippen molar-refractivity contribution >= 4 is 57.0 Å². The molecule has 1 heterocycles. The minimum Gasteiger partial charge on any atom is -0.287 e. The van der Waals surface area contributed by atoms with Gasteiger partial charge < -0.3 is 0 Å². The maximum absolute atomic E-state index is 12.2. The van der Waals surface area contributed by atoms with Crippen LogP contribution in [-0.2, 0) is 15.0 Å². The second kappa shape index (κ2) is 5.87. The third kappa shape index (κ3) is 2.64. The molecule has 3 nitrogen and oxygen atoms in total. The van der Waals surface area contributed by atoms with E-state index in [2.05, 4.69) is 30.2 Å². The van der Waals surface area contributed by atoms with Crippen LogP contribution in [0.3, 0.4) is 0 Å². The number of rotatable bonds is 5. The van der Waals surface area contributed by atoms with E-state index < -0.39 is 5.41 Å². The lowest BCUT2D eigenvalue weighted by atomic mass is 9.76. The minimum absolute atomic E-state index is 0.00985. The van der Waals surface area contributed by atoms with Gasteiger partial charge in [0, 0.05) is 6.42 Å². The summed E-state index contributed by atoms with van der Waals surface area (Å²) in [7, 11) is 0. The maximum Gasteiger partial charge on any atom is 0.199 e. The fourth-order valence-electron chi connectivity index (χ4n) is 2.24. The van der Waals surface area contributed by atoms with Crippen molar-refractivity contribution in [1.29, 1.82) is 0 Å². The van der Waals surface area contributed by atoms with E-state index in [0.29, 0.717) is 5.01 Å². The van der Waals surface area contributed by atoms with Gasteiger partial charge in [-0.2, -0.15) is 0 Å². The van der Waals surface area contributed by atoms with Crippen LogP contribution in [0.25, 0.3) is 10.2 Å². The van der Waals surface area contributed by atoms with Crippen LogP contribution in [0, 0.1) is 5.92 Å². The van der Waals surface area contributed by atoms with Crippen LogP contribution in [0.4, 0.5) is 0 Å². The molecule has 6 heteroatoms. The molecule has 1 aromatic carbocycles. The summed E-state index contributed by atoms with van der Waals surface area (Å²) in [6.45, 7) is 3.80. The van der Waals surface area contributed by atoms with Crippen molar-refractivity contribution in [3.05, 3.63) is 29.3 Å². The highest BCUT2D eigenvalue weighted by Crippen LogP contribution is 2.42. The maximum atomic E-state index is 12.2. The standard InChI is InChI=1S/C14H15NO2S3/c1-8(2)14(13(17)19,7-11(16)18)12-15-9-5-3-4-6-10(9)20-12/h3-6,8H,7H2,1-2H3,(H,16,18)(H,17,19). The molecule has 0 fully saturated rings. The zero-order valence-electron chi connectivity index (χ0n) is 11.2. The van der Waals surface area contributed by atoms with E-state index in [1.54, 1.807) is 0 Å². The van der Waals surface area contributed by atoms with E-state index in [0.717, 1.165) is 10.2 Å². The van der Waals surface area contributed by atoms with Crippen molar-refractivity contribution in [1.82, 2.24) is 4.98 Å². The zero-order valence-corrected chi connectivity index (χ0v) is 13.8. The fraction of sp³-hybridized carbons (Fsp3) is 0.357. The van der Waals surface area contributed by atoms with Crippen LogP contribution in [0.2, 0.25) is 0 Å². The van der Waals surface area contributed by atoms with Gasteiger partial charge in [0.15, 0.2) is 10.2 Å². The number of aromatic nitrogens is 1. The molecule has 2 aromatic rings. The molecule has 0 amide bonds. The predicted octanol–water partition coefficient (Wildman–Crippen LogP) is 3.49. The number of thiazole rings is 1. The van der Waals surface area contributed by atoms with Gasteiger partial charge in [-0.3, -0.25) is 9.59 Å². The summed E-state index contributed by atoms with van der Waals surface area (Å²) in [6, 6.07) is 7.67. The van der Waals surface area contributed by atoms with Gasteiger partial charge in [0.25, 0.3) is 0 Å². The molecular formula is C14H15NO2S3. The fourth-order valence-corrected chi connectivity index (χ4v) is 4.31. The highest BCUT2D eigenvalue weighted by Gasteiger charge is 2.45. The second-order valence-corrected chi connectivity index (χ2v) is 6.92. The Morgan fingerprint density at radius 1 is 1.30 bits per heavy atom. The molecule has 0 saturated heterocycles. The highest BCUT2D eigenvalue weighted by molar-refractivity contribution is 7.97. The van der Waals surface area contributed by atoms with Crippen molar-refractivity contribution < 1.29 is 9.59 Å².